The lowest BCUT2D eigenvalue weighted by atomic mass is 10.1. The molecular formula is C12H16N4O. The first-order valence-electron chi connectivity index (χ1n) is 6.12. The van der Waals surface area contributed by atoms with Crippen LogP contribution in [0.25, 0.3) is 0 Å². The molecule has 0 saturated heterocycles. The summed E-state index contributed by atoms with van der Waals surface area (Å²) >= 11 is 0. The second-order valence-corrected chi connectivity index (χ2v) is 5.00. The number of primary amides is 1. The lowest BCUT2D eigenvalue weighted by Crippen LogP contribution is -2.25. The summed E-state index contributed by atoms with van der Waals surface area (Å²) in [5.74, 6) is 1.70. The van der Waals surface area contributed by atoms with Crippen molar-refractivity contribution in [1.82, 2.24) is 9.97 Å². The van der Waals surface area contributed by atoms with Crippen molar-refractivity contribution in [3.05, 3.63) is 18.1 Å². The van der Waals surface area contributed by atoms with Crippen LogP contribution in [-0.2, 0) is 0 Å². The molecule has 1 amide bonds. The van der Waals surface area contributed by atoms with Crippen LogP contribution in [-0.4, -0.2) is 21.9 Å². The molecule has 2 saturated carbocycles. The van der Waals surface area contributed by atoms with Crippen LogP contribution in [0.2, 0.25) is 0 Å². The summed E-state index contributed by atoms with van der Waals surface area (Å²) in [6, 6.07) is 0.507. The van der Waals surface area contributed by atoms with Gasteiger partial charge in [0.25, 0.3) is 5.91 Å². The number of nitrogens with zero attached hydrogens (tertiary/aromatic N) is 2. The first kappa shape index (κ1) is 10.5. The molecule has 0 bridgehead atoms. The molecule has 5 heteroatoms. The van der Waals surface area contributed by atoms with Gasteiger partial charge in [-0.1, -0.05) is 0 Å². The van der Waals surface area contributed by atoms with E-state index in [4.69, 9.17) is 5.73 Å². The maximum absolute atomic E-state index is 11.0. The average molecular weight is 232 g/mol. The van der Waals surface area contributed by atoms with Crippen molar-refractivity contribution in [2.24, 2.45) is 17.6 Å². The van der Waals surface area contributed by atoms with Gasteiger partial charge in [0.15, 0.2) is 0 Å². The highest BCUT2D eigenvalue weighted by Crippen LogP contribution is 2.45. The molecule has 17 heavy (non-hydrogen) atoms. The first-order valence-corrected chi connectivity index (χ1v) is 6.12. The van der Waals surface area contributed by atoms with E-state index >= 15 is 0 Å². The fraction of sp³-hybridized carbons (Fsp3) is 0.583. The van der Waals surface area contributed by atoms with Gasteiger partial charge in [-0.05, 0) is 37.5 Å². The van der Waals surface area contributed by atoms with Gasteiger partial charge in [-0.3, -0.25) is 9.78 Å². The SMILES string of the molecule is NC(=O)c1cncc(NC(C2CC2)C2CC2)n1. The highest BCUT2D eigenvalue weighted by molar-refractivity contribution is 5.90. The smallest absolute Gasteiger partial charge is 0.268 e. The van der Waals surface area contributed by atoms with Gasteiger partial charge in [0.05, 0.1) is 12.4 Å². The Balaban J connectivity index is 1.74. The molecule has 2 aliphatic carbocycles. The number of hydrogen-bond acceptors (Lipinski definition) is 4. The molecule has 5 nitrogen and oxygen atoms in total. The maximum atomic E-state index is 11.0. The second kappa shape index (κ2) is 3.98. The van der Waals surface area contributed by atoms with Gasteiger partial charge in [0, 0.05) is 6.04 Å². The Morgan fingerprint density at radius 1 is 1.29 bits per heavy atom. The van der Waals surface area contributed by atoms with E-state index in [1.165, 1.54) is 31.9 Å². The zero-order valence-electron chi connectivity index (χ0n) is 9.60. The summed E-state index contributed by atoms with van der Waals surface area (Å²) in [6.07, 6.45) is 8.27. The van der Waals surface area contributed by atoms with Crippen molar-refractivity contribution in [3.63, 3.8) is 0 Å². The van der Waals surface area contributed by atoms with Crippen LogP contribution in [0.1, 0.15) is 36.2 Å². The topological polar surface area (TPSA) is 80.9 Å². The van der Waals surface area contributed by atoms with Crippen LogP contribution in [0.3, 0.4) is 0 Å². The van der Waals surface area contributed by atoms with E-state index in [0.29, 0.717) is 11.9 Å². The minimum absolute atomic E-state index is 0.223. The Bertz CT molecular complexity index is 428. The molecule has 0 atom stereocenters. The fourth-order valence-corrected chi connectivity index (χ4v) is 2.26. The molecule has 0 unspecified atom stereocenters. The summed E-state index contributed by atoms with van der Waals surface area (Å²) in [5.41, 5.74) is 5.41. The zero-order valence-corrected chi connectivity index (χ0v) is 9.60. The third-order valence-corrected chi connectivity index (χ3v) is 3.46. The second-order valence-electron chi connectivity index (χ2n) is 5.00. The molecule has 0 aromatic carbocycles. The fourth-order valence-electron chi connectivity index (χ4n) is 2.26. The van der Waals surface area contributed by atoms with Crippen molar-refractivity contribution in [2.45, 2.75) is 31.7 Å². The van der Waals surface area contributed by atoms with Crippen molar-refractivity contribution < 1.29 is 4.79 Å². The van der Waals surface area contributed by atoms with Crippen molar-refractivity contribution in [1.29, 1.82) is 0 Å². The summed E-state index contributed by atoms with van der Waals surface area (Å²) in [6.45, 7) is 0. The standard InChI is InChI=1S/C12H16N4O/c13-12(17)9-5-14-6-10(15-9)16-11(7-1-2-7)8-3-4-8/h5-8,11H,1-4H2,(H2,13,17)(H,15,16). The van der Waals surface area contributed by atoms with E-state index in [0.717, 1.165) is 11.8 Å². The van der Waals surface area contributed by atoms with Crippen LogP contribution in [0.5, 0.6) is 0 Å². The van der Waals surface area contributed by atoms with E-state index in [-0.39, 0.29) is 5.69 Å². The van der Waals surface area contributed by atoms with Crippen molar-refractivity contribution in [3.8, 4) is 0 Å². The molecule has 0 aliphatic heterocycles. The summed E-state index contributed by atoms with van der Waals surface area (Å²) in [7, 11) is 0. The predicted molar refractivity (Wildman–Crippen MR) is 63.4 cm³/mol. The monoisotopic (exact) mass is 232 g/mol. The number of carbonyl (C=O) groups is 1. The number of aromatic nitrogens is 2. The minimum Gasteiger partial charge on any atom is -0.365 e. The van der Waals surface area contributed by atoms with Gasteiger partial charge in [0.1, 0.15) is 11.5 Å². The lowest BCUT2D eigenvalue weighted by Gasteiger charge is -2.18. The van der Waals surface area contributed by atoms with Gasteiger partial charge in [0.2, 0.25) is 0 Å². The van der Waals surface area contributed by atoms with Gasteiger partial charge < -0.3 is 11.1 Å². The van der Waals surface area contributed by atoms with Crippen LogP contribution in [0.4, 0.5) is 5.82 Å². The van der Waals surface area contributed by atoms with E-state index in [9.17, 15) is 4.79 Å². The van der Waals surface area contributed by atoms with Crippen LogP contribution in [0, 0.1) is 11.8 Å². The third-order valence-electron chi connectivity index (χ3n) is 3.46. The van der Waals surface area contributed by atoms with E-state index < -0.39 is 5.91 Å². The van der Waals surface area contributed by atoms with Crippen molar-refractivity contribution >= 4 is 11.7 Å². The van der Waals surface area contributed by atoms with Crippen LogP contribution in [0.15, 0.2) is 12.4 Å². The average Bonchev–Trinajstić information content (AvgIpc) is 3.16. The molecular weight excluding hydrogens is 216 g/mol. The van der Waals surface area contributed by atoms with Gasteiger partial charge in [-0.2, -0.15) is 0 Å². The Morgan fingerprint density at radius 3 is 2.47 bits per heavy atom. The molecule has 0 radical (unpaired) electrons. The number of hydrogen-bond donors (Lipinski definition) is 2. The number of rotatable bonds is 5. The number of nitrogens with one attached hydrogen (secondary N) is 1. The molecule has 3 rings (SSSR count). The zero-order chi connectivity index (χ0) is 11.8. The Kier molecular flexibility index (Phi) is 2.46. The van der Waals surface area contributed by atoms with Crippen LogP contribution >= 0.6 is 0 Å². The third kappa shape index (κ3) is 2.38. The first-order chi connectivity index (χ1) is 8.24. The van der Waals surface area contributed by atoms with E-state index in [1.54, 1.807) is 6.20 Å². The summed E-state index contributed by atoms with van der Waals surface area (Å²) < 4.78 is 0. The largest absolute Gasteiger partial charge is 0.365 e. The highest BCUT2D eigenvalue weighted by atomic mass is 16.1. The molecule has 1 heterocycles. The number of anilines is 1. The molecule has 90 valence electrons. The Hall–Kier alpha value is -1.65. The maximum Gasteiger partial charge on any atom is 0.268 e. The molecule has 2 fully saturated rings. The molecule has 0 spiro atoms. The van der Waals surface area contributed by atoms with Crippen LogP contribution < -0.4 is 11.1 Å². The Labute approximate surface area is 99.8 Å². The number of carbonyl (C=O) groups excluding carboxylic acids is 1. The molecule has 1 aromatic heterocycles. The summed E-state index contributed by atoms with van der Waals surface area (Å²) in [5, 5.41) is 3.42. The molecule has 3 N–H and O–H groups in total. The van der Waals surface area contributed by atoms with Gasteiger partial charge in [-0.15, -0.1) is 0 Å². The van der Waals surface area contributed by atoms with Crippen molar-refractivity contribution in [2.75, 3.05) is 5.32 Å². The van der Waals surface area contributed by atoms with Gasteiger partial charge >= 0.3 is 0 Å². The summed E-state index contributed by atoms with van der Waals surface area (Å²) in [4.78, 5) is 19.2. The van der Waals surface area contributed by atoms with Gasteiger partial charge in [-0.25, -0.2) is 4.98 Å². The number of amides is 1. The predicted octanol–water partition coefficient (Wildman–Crippen LogP) is 1.18. The molecule has 2 aliphatic rings. The van der Waals surface area contributed by atoms with E-state index in [1.807, 2.05) is 0 Å². The molecule has 1 aromatic rings. The number of nitrogens with two attached hydrogens (primary N) is 1. The normalized spacial score (nSPS) is 19.4. The van der Waals surface area contributed by atoms with E-state index in [2.05, 4.69) is 15.3 Å². The highest BCUT2D eigenvalue weighted by Gasteiger charge is 2.41. The minimum atomic E-state index is -0.532. The lowest BCUT2D eigenvalue weighted by molar-refractivity contribution is 0.0995. The Morgan fingerprint density at radius 2 is 1.94 bits per heavy atom. The quantitative estimate of drug-likeness (QED) is 0.798.